The highest BCUT2D eigenvalue weighted by Crippen LogP contribution is 2.33. The van der Waals surface area contributed by atoms with Gasteiger partial charge in [0.25, 0.3) is 15.9 Å². The Bertz CT molecular complexity index is 1300. The van der Waals surface area contributed by atoms with E-state index in [1.54, 1.807) is 35.2 Å². The van der Waals surface area contributed by atoms with Gasteiger partial charge in [0.2, 0.25) is 0 Å². The molecule has 6 nitrogen and oxygen atoms in total. The van der Waals surface area contributed by atoms with Gasteiger partial charge in [-0.25, -0.2) is 8.42 Å². The summed E-state index contributed by atoms with van der Waals surface area (Å²) in [4.78, 5) is 15.2. The average molecular weight is 477 g/mol. The number of aryl methyl sites for hydroxylation is 1. The van der Waals surface area contributed by atoms with Crippen molar-refractivity contribution in [2.24, 2.45) is 0 Å². The number of amides is 1. The van der Waals surface area contributed by atoms with Crippen LogP contribution in [0.5, 0.6) is 5.75 Å². The first-order chi connectivity index (χ1) is 16.4. The summed E-state index contributed by atoms with van der Waals surface area (Å²) >= 11 is 0. The fourth-order valence-corrected chi connectivity index (χ4v) is 6.60. The minimum Gasteiger partial charge on any atom is -0.508 e. The Morgan fingerprint density at radius 1 is 0.882 bits per heavy atom. The van der Waals surface area contributed by atoms with E-state index in [4.69, 9.17) is 0 Å². The molecule has 3 aromatic rings. The molecule has 0 spiro atoms. The van der Waals surface area contributed by atoms with Gasteiger partial charge < -0.3 is 10.0 Å². The Kier molecular flexibility index (Phi) is 6.04. The van der Waals surface area contributed by atoms with Crippen LogP contribution in [0.15, 0.2) is 77.7 Å². The molecule has 176 valence electrons. The third-order valence-corrected chi connectivity index (χ3v) is 8.69. The van der Waals surface area contributed by atoms with Crippen LogP contribution >= 0.6 is 0 Å². The van der Waals surface area contributed by atoms with Gasteiger partial charge in [-0.15, -0.1) is 0 Å². The Balaban J connectivity index is 1.32. The van der Waals surface area contributed by atoms with E-state index in [-0.39, 0.29) is 16.6 Å². The zero-order valence-electron chi connectivity index (χ0n) is 18.9. The van der Waals surface area contributed by atoms with E-state index in [0.29, 0.717) is 31.1 Å². The van der Waals surface area contributed by atoms with Crippen molar-refractivity contribution in [2.45, 2.75) is 36.5 Å². The van der Waals surface area contributed by atoms with Crippen LogP contribution in [-0.4, -0.2) is 44.0 Å². The van der Waals surface area contributed by atoms with Gasteiger partial charge >= 0.3 is 0 Å². The molecule has 3 aromatic carbocycles. The minimum absolute atomic E-state index is 0.139. The van der Waals surface area contributed by atoms with E-state index in [0.717, 1.165) is 36.9 Å². The van der Waals surface area contributed by atoms with Crippen molar-refractivity contribution in [3.63, 3.8) is 0 Å². The number of anilines is 1. The highest BCUT2D eigenvalue weighted by atomic mass is 32.2. The number of likely N-dealkylation sites (tertiary alicyclic amines) is 1. The van der Waals surface area contributed by atoms with Crippen LogP contribution in [0.4, 0.5) is 5.69 Å². The zero-order valence-corrected chi connectivity index (χ0v) is 19.7. The van der Waals surface area contributed by atoms with E-state index in [9.17, 15) is 18.3 Å². The quantitative estimate of drug-likeness (QED) is 0.599. The summed E-state index contributed by atoms with van der Waals surface area (Å²) in [5.74, 6) is 0.454. The highest BCUT2D eigenvalue weighted by Gasteiger charge is 2.30. The van der Waals surface area contributed by atoms with E-state index in [1.165, 1.54) is 15.9 Å². The van der Waals surface area contributed by atoms with Crippen molar-refractivity contribution in [2.75, 3.05) is 23.9 Å². The van der Waals surface area contributed by atoms with Gasteiger partial charge in [0.1, 0.15) is 5.75 Å². The zero-order chi connectivity index (χ0) is 23.7. The van der Waals surface area contributed by atoms with Gasteiger partial charge in [-0.05, 0) is 79.1 Å². The summed E-state index contributed by atoms with van der Waals surface area (Å²) in [5.41, 5.74) is 3.32. The molecule has 2 aliphatic rings. The second-order valence-electron chi connectivity index (χ2n) is 9.00. The van der Waals surface area contributed by atoms with Gasteiger partial charge in [0, 0.05) is 25.2 Å². The largest absolute Gasteiger partial charge is 0.508 e. The average Bonchev–Trinajstić information content (AvgIpc) is 2.88. The maximum absolute atomic E-state index is 13.5. The first-order valence-corrected chi connectivity index (χ1v) is 13.2. The third-order valence-electron chi connectivity index (χ3n) is 6.88. The number of carbonyl (C=O) groups is 1. The second kappa shape index (κ2) is 9.14. The summed E-state index contributed by atoms with van der Waals surface area (Å²) in [6.45, 7) is 1.66. The number of hydrogen-bond donors (Lipinski definition) is 1. The Labute approximate surface area is 200 Å². The van der Waals surface area contributed by atoms with Crippen LogP contribution in [0.2, 0.25) is 0 Å². The number of phenols is 1. The van der Waals surface area contributed by atoms with Crippen molar-refractivity contribution < 1.29 is 18.3 Å². The smallest absolute Gasteiger partial charge is 0.264 e. The predicted molar refractivity (Wildman–Crippen MR) is 132 cm³/mol. The molecule has 1 N–H and O–H groups in total. The molecule has 0 aliphatic carbocycles. The van der Waals surface area contributed by atoms with Crippen LogP contribution in [-0.2, 0) is 16.4 Å². The van der Waals surface area contributed by atoms with Gasteiger partial charge in [0.15, 0.2) is 0 Å². The molecule has 5 rings (SSSR count). The topological polar surface area (TPSA) is 77.9 Å². The molecule has 0 atom stereocenters. The number of fused-ring (bicyclic) bond motifs is 1. The number of hydrogen-bond acceptors (Lipinski definition) is 4. The number of para-hydroxylation sites is 1. The molecular formula is C27H28N2O4S. The number of rotatable bonds is 4. The lowest BCUT2D eigenvalue weighted by Crippen LogP contribution is -2.38. The molecule has 2 aliphatic heterocycles. The summed E-state index contributed by atoms with van der Waals surface area (Å²) in [6, 6.07) is 21.3. The fourth-order valence-electron chi connectivity index (χ4n) is 5.01. The normalized spacial score (nSPS) is 16.8. The van der Waals surface area contributed by atoms with Crippen LogP contribution in [0.25, 0.3) is 0 Å². The molecule has 0 radical (unpaired) electrons. The van der Waals surface area contributed by atoms with E-state index >= 15 is 0 Å². The number of phenolic OH excluding ortho intramolecular Hbond substituents is 1. The van der Waals surface area contributed by atoms with Crippen molar-refractivity contribution in [3.8, 4) is 5.75 Å². The molecule has 0 aromatic heterocycles. The first kappa shape index (κ1) is 22.5. The number of nitrogens with zero attached hydrogens (tertiary/aromatic N) is 2. The summed E-state index contributed by atoms with van der Waals surface area (Å²) < 4.78 is 28.5. The van der Waals surface area contributed by atoms with Gasteiger partial charge in [-0.2, -0.15) is 0 Å². The molecule has 0 bridgehead atoms. The maximum Gasteiger partial charge on any atom is 0.264 e. The molecule has 1 saturated heterocycles. The standard InChI is InChI=1S/C27H28N2O4S/c30-24-12-10-20(11-13-24)21-14-17-28(18-15-21)27(31)23-6-3-8-25(19-23)34(32,33)29-16-4-7-22-5-1-2-9-26(22)29/h1-3,5-6,8-13,19,21,30H,4,7,14-18H2. The van der Waals surface area contributed by atoms with Gasteiger partial charge in [0.05, 0.1) is 10.6 Å². The predicted octanol–water partition coefficient (Wildman–Crippen LogP) is 4.55. The SMILES string of the molecule is O=C(c1cccc(S(=O)(=O)N2CCCc3ccccc32)c1)N1CCC(c2ccc(O)cc2)CC1. The Hall–Kier alpha value is -3.32. The fraction of sp³-hybridized carbons (Fsp3) is 0.296. The van der Waals surface area contributed by atoms with Crippen LogP contribution < -0.4 is 4.31 Å². The molecule has 2 heterocycles. The van der Waals surface area contributed by atoms with Crippen LogP contribution in [0, 0.1) is 0 Å². The van der Waals surface area contributed by atoms with Gasteiger partial charge in [-0.3, -0.25) is 9.10 Å². The lowest BCUT2D eigenvalue weighted by Gasteiger charge is -2.32. The number of piperidine rings is 1. The van der Waals surface area contributed by atoms with Crippen molar-refractivity contribution in [3.05, 3.63) is 89.5 Å². The van der Waals surface area contributed by atoms with E-state index in [1.807, 2.05) is 36.4 Å². The number of sulfonamides is 1. The second-order valence-corrected chi connectivity index (χ2v) is 10.9. The molecule has 0 unspecified atom stereocenters. The van der Waals surface area contributed by atoms with Crippen molar-refractivity contribution in [1.29, 1.82) is 0 Å². The van der Waals surface area contributed by atoms with Crippen molar-refractivity contribution >= 4 is 21.6 Å². The summed E-state index contributed by atoms with van der Waals surface area (Å²) in [5, 5.41) is 9.51. The van der Waals surface area contributed by atoms with E-state index in [2.05, 4.69) is 0 Å². The van der Waals surface area contributed by atoms with Gasteiger partial charge in [-0.1, -0.05) is 36.4 Å². The molecule has 1 fully saturated rings. The molecule has 7 heteroatoms. The summed E-state index contributed by atoms with van der Waals surface area (Å²) in [7, 11) is -3.77. The molecule has 0 saturated carbocycles. The van der Waals surface area contributed by atoms with Crippen LogP contribution in [0.1, 0.15) is 46.7 Å². The van der Waals surface area contributed by atoms with E-state index < -0.39 is 10.0 Å². The third kappa shape index (κ3) is 4.28. The lowest BCUT2D eigenvalue weighted by atomic mass is 9.89. The molecular weight excluding hydrogens is 448 g/mol. The molecule has 1 amide bonds. The van der Waals surface area contributed by atoms with Crippen LogP contribution in [0.3, 0.4) is 0 Å². The first-order valence-electron chi connectivity index (χ1n) is 11.7. The molecule has 34 heavy (non-hydrogen) atoms. The number of benzene rings is 3. The van der Waals surface area contributed by atoms with Crippen molar-refractivity contribution in [1.82, 2.24) is 4.90 Å². The maximum atomic E-state index is 13.5. The Morgan fingerprint density at radius 3 is 2.38 bits per heavy atom. The number of aromatic hydroxyl groups is 1. The minimum atomic E-state index is -3.77. The lowest BCUT2D eigenvalue weighted by molar-refractivity contribution is 0.0712. The monoisotopic (exact) mass is 476 g/mol. The number of carbonyl (C=O) groups excluding carboxylic acids is 1. The Morgan fingerprint density at radius 2 is 1.62 bits per heavy atom. The highest BCUT2D eigenvalue weighted by molar-refractivity contribution is 7.92. The summed E-state index contributed by atoms with van der Waals surface area (Å²) in [6.07, 6.45) is 3.30.